The Balaban J connectivity index is 2.03. The SMILES string of the molecule is CCC(N1C(=O)c2cccc(OC)c2N(C)C1(O)c1ccc(F)cc1F)n1cncn1. The van der Waals surface area contributed by atoms with Gasteiger partial charge in [-0.25, -0.2) is 18.4 Å². The molecule has 31 heavy (non-hydrogen) atoms. The van der Waals surface area contributed by atoms with E-state index in [1.54, 1.807) is 25.1 Å². The molecule has 10 heteroatoms. The number of halogens is 2. The lowest BCUT2D eigenvalue weighted by atomic mass is 9.96. The summed E-state index contributed by atoms with van der Waals surface area (Å²) in [5, 5.41) is 16.1. The molecule has 1 aliphatic heterocycles. The predicted molar refractivity (Wildman–Crippen MR) is 107 cm³/mol. The molecule has 1 aromatic heterocycles. The van der Waals surface area contributed by atoms with Crippen LogP contribution in [0.15, 0.2) is 49.1 Å². The number of rotatable bonds is 5. The van der Waals surface area contributed by atoms with Crippen molar-refractivity contribution in [2.75, 3.05) is 19.1 Å². The maximum Gasteiger partial charge on any atom is 0.261 e. The summed E-state index contributed by atoms with van der Waals surface area (Å²) in [7, 11) is 2.94. The third-order valence-corrected chi connectivity index (χ3v) is 5.50. The maximum absolute atomic E-state index is 15.0. The summed E-state index contributed by atoms with van der Waals surface area (Å²) < 4.78 is 35.5. The summed E-state index contributed by atoms with van der Waals surface area (Å²) in [6.45, 7) is 1.79. The molecule has 2 unspecified atom stereocenters. The van der Waals surface area contributed by atoms with Gasteiger partial charge in [0, 0.05) is 13.1 Å². The molecule has 2 heterocycles. The summed E-state index contributed by atoms with van der Waals surface area (Å²) in [5.41, 5.74) is 0.249. The Morgan fingerprint density at radius 2 is 2.03 bits per heavy atom. The average Bonchev–Trinajstić information content (AvgIpc) is 3.29. The molecule has 1 aliphatic rings. The molecule has 2 aromatic carbocycles. The Labute approximate surface area is 177 Å². The molecule has 0 fully saturated rings. The molecule has 0 saturated carbocycles. The van der Waals surface area contributed by atoms with E-state index in [-0.39, 0.29) is 16.8 Å². The lowest BCUT2D eigenvalue weighted by Gasteiger charge is -2.52. The van der Waals surface area contributed by atoms with Crippen molar-refractivity contribution in [3.05, 3.63) is 71.8 Å². The van der Waals surface area contributed by atoms with Crippen LogP contribution in [0.2, 0.25) is 0 Å². The number of benzene rings is 2. The minimum atomic E-state index is -2.32. The third kappa shape index (κ3) is 3.02. The first kappa shape index (κ1) is 20.7. The topological polar surface area (TPSA) is 83.7 Å². The fraction of sp³-hybridized carbons (Fsp3) is 0.286. The molecule has 8 nitrogen and oxygen atoms in total. The van der Waals surface area contributed by atoms with Crippen LogP contribution in [0.25, 0.3) is 0 Å². The monoisotopic (exact) mass is 429 g/mol. The second-order valence-corrected chi connectivity index (χ2v) is 7.11. The number of aliphatic hydroxyl groups is 1. The van der Waals surface area contributed by atoms with Crippen LogP contribution in [0.5, 0.6) is 5.75 Å². The Bertz CT molecular complexity index is 1120. The van der Waals surface area contributed by atoms with E-state index in [4.69, 9.17) is 4.74 Å². The van der Waals surface area contributed by atoms with Crippen LogP contribution in [-0.4, -0.2) is 44.8 Å². The molecule has 0 saturated heterocycles. The highest BCUT2D eigenvalue weighted by molar-refractivity contribution is 6.04. The minimum Gasteiger partial charge on any atom is -0.495 e. The van der Waals surface area contributed by atoms with Crippen molar-refractivity contribution < 1.29 is 23.4 Å². The Kier molecular flexibility index (Phi) is 5.10. The van der Waals surface area contributed by atoms with Gasteiger partial charge in [-0.3, -0.25) is 9.69 Å². The van der Waals surface area contributed by atoms with E-state index in [9.17, 15) is 18.7 Å². The molecule has 0 radical (unpaired) electrons. The van der Waals surface area contributed by atoms with Gasteiger partial charge >= 0.3 is 0 Å². The van der Waals surface area contributed by atoms with Gasteiger partial charge in [-0.15, -0.1) is 0 Å². The normalized spacial score (nSPS) is 19.4. The molecule has 1 amide bonds. The van der Waals surface area contributed by atoms with Crippen molar-refractivity contribution in [2.24, 2.45) is 0 Å². The van der Waals surface area contributed by atoms with Gasteiger partial charge in [0.25, 0.3) is 11.8 Å². The van der Waals surface area contributed by atoms with E-state index in [0.717, 1.165) is 17.0 Å². The number of hydrogen-bond acceptors (Lipinski definition) is 6. The van der Waals surface area contributed by atoms with Gasteiger partial charge in [-0.05, 0) is 30.7 Å². The maximum atomic E-state index is 15.0. The van der Waals surface area contributed by atoms with Crippen LogP contribution in [0, 0.1) is 11.6 Å². The first-order valence-electron chi connectivity index (χ1n) is 9.61. The first-order valence-corrected chi connectivity index (χ1v) is 9.61. The standard InChI is InChI=1S/C21H21F2N5O3/c1-4-18(27-12-24-11-25-27)28-20(29)14-6-5-7-17(31-3)19(14)26(2)21(28,30)15-9-8-13(22)10-16(15)23/h5-12,18,30H,4H2,1-3H3. The van der Waals surface area contributed by atoms with Gasteiger partial charge in [0.2, 0.25) is 0 Å². The van der Waals surface area contributed by atoms with Gasteiger partial charge in [0.15, 0.2) is 0 Å². The van der Waals surface area contributed by atoms with Crippen LogP contribution in [-0.2, 0) is 5.85 Å². The summed E-state index contributed by atoms with van der Waals surface area (Å²) in [6, 6.07) is 7.70. The second-order valence-electron chi connectivity index (χ2n) is 7.11. The minimum absolute atomic E-state index is 0.257. The molecule has 0 bridgehead atoms. The highest BCUT2D eigenvalue weighted by atomic mass is 19.1. The number of methoxy groups -OCH3 is 1. The van der Waals surface area contributed by atoms with Gasteiger partial charge in [-0.2, -0.15) is 5.10 Å². The van der Waals surface area contributed by atoms with Crippen molar-refractivity contribution in [3.8, 4) is 5.75 Å². The van der Waals surface area contributed by atoms with Crippen LogP contribution in [0.4, 0.5) is 14.5 Å². The summed E-state index contributed by atoms with van der Waals surface area (Å²) in [4.78, 5) is 20.1. The van der Waals surface area contributed by atoms with Crippen LogP contribution >= 0.6 is 0 Å². The number of ether oxygens (including phenoxy) is 1. The number of fused-ring (bicyclic) bond motifs is 1. The molecule has 0 aliphatic carbocycles. The first-order chi connectivity index (χ1) is 14.8. The number of hydrogen-bond donors (Lipinski definition) is 1. The van der Waals surface area contributed by atoms with Crippen molar-refractivity contribution in [1.82, 2.24) is 19.7 Å². The Hall–Kier alpha value is -3.53. The lowest BCUT2D eigenvalue weighted by molar-refractivity contribution is -0.133. The van der Waals surface area contributed by atoms with Gasteiger partial charge in [0.05, 0.1) is 23.9 Å². The average molecular weight is 429 g/mol. The fourth-order valence-electron chi connectivity index (χ4n) is 4.07. The zero-order valence-electron chi connectivity index (χ0n) is 17.2. The third-order valence-electron chi connectivity index (χ3n) is 5.50. The van der Waals surface area contributed by atoms with Crippen LogP contribution < -0.4 is 9.64 Å². The molecule has 1 N–H and O–H groups in total. The number of carbonyl (C=O) groups is 1. The number of para-hydroxylation sites is 1. The molecular weight excluding hydrogens is 408 g/mol. The molecule has 2 atom stereocenters. The number of anilines is 1. The molecular formula is C21H21F2N5O3. The Morgan fingerprint density at radius 3 is 2.65 bits per heavy atom. The number of carbonyl (C=O) groups excluding carboxylic acids is 1. The molecule has 3 aromatic rings. The Morgan fingerprint density at radius 1 is 1.26 bits per heavy atom. The quantitative estimate of drug-likeness (QED) is 0.672. The van der Waals surface area contributed by atoms with Crippen molar-refractivity contribution in [3.63, 3.8) is 0 Å². The van der Waals surface area contributed by atoms with E-state index in [0.29, 0.717) is 18.2 Å². The van der Waals surface area contributed by atoms with Gasteiger partial charge in [0.1, 0.15) is 36.2 Å². The molecule has 4 rings (SSSR count). The lowest BCUT2D eigenvalue weighted by Crippen LogP contribution is -2.64. The highest BCUT2D eigenvalue weighted by Gasteiger charge is 2.54. The van der Waals surface area contributed by atoms with Crippen molar-refractivity contribution in [1.29, 1.82) is 0 Å². The predicted octanol–water partition coefficient (Wildman–Crippen LogP) is 2.87. The molecule has 0 spiro atoms. The fourth-order valence-corrected chi connectivity index (χ4v) is 4.07. The summed E-state index contributed by atoms with van der Waals surface area (Å²) in [5.74, 6) is -4.37. The largest absolute Gasteiger partial charge is 0.495 e. The smallest absolute Gasteiger partial charge is 0.261 e. The van der Waals surface area contributed by atoms with E-state index >= 15 is 0 Å². The summed E-state index contributed by atoms with van der Waals surface area (Å²) in [6.07, 6.45) is 2.22. The van der Waals surface area contributed by atoms with Gasteiger partial charge < -0.3 is 14.7 Å². The van der Waals surface area contributed by atoms with Crippen molar-refractivity contribution >= 4 is 11.6 Å². The number of nitrogens with zero attached hydrogens (tertiary/aromatic N) is 5. The van der Waals surface area contributed by atoms with Gasteiger partial charge in [-0.1, -0.05) is 13.0 Å². The second kappa shape index (κ2) is 7.62. The number of amides is 1. The van der Waals surface area contributed by atoms with Crippen LogP contribution in [0.3, 0.4) is 0 Å². The highest BCUT2D eigenvalue weighted by Crippen LogP contribution is 2.48. The van der Waals surface area contributed by atoms with E-state index in [1.807, 2.05) is 0 Å². The van der Waals surface area contributed by atoms with E-state index < -0.39 is 29.6 Å². The summed E-state index contributed by atoms with van der Waals surface area (Å²) >= 11 is 0. The molecule has 162 valence electrons. The van der Waals surface area contributed by atoms with E-state index in [2.05, 4.69) is 10.1 Å². The number of aromatic nitrogens is 3. The van der Waals surface area contributed by atoms with E-state index in [1.165, 1.54) is 36.4 Å². The zero-order valence-corrected chi connectivity index (χ0v) is 17.2. The van der Waals surface area contributed by atoms with Crippen LogP contribution in [0.1, 0.15) is 35.4 Å². The van der Waals surface area contributed by atoms with Crippen molar-refractivity contribution in [2.45, 2.75) is 25.4 Å². The zero-order chi connectivity index (χ0) is 22.3.